The normalized spacial score (nSPS) is 12.7. The van der Waals surface area contributed by atoms with Crippen molar-refractivity contribution in [2.75, 3.05) is 13.2 Å². The highest BCUT2D eigenvalue weighted by Gasteiger charge is 2.18. The van der Waals surface area contributed by atoms with E-state index in [4.69, 9.17) is 30.2 Å². The Morgan fingerprint density at radius 1 is 0.935 bits per heavy atom. The van der Waals surface area contributed by atoms with Gasteiger partial charge in [0, 0.05) is 11.1 Å². The molecule has 0 bridgehead atoms. The molecular weight excluding hydrogens is 416 g/mol. The summed E-state index contributed by atoms with van der Waals surface area (Å²) in [7, 11) is 0. The van der Waals surface area contributed by atoms with E-state index in [0.717, 1.165) is 11.1 Å². The molecule has 0 saturated carbocycles. The molecule has 0 aliphatic carbocycles. The lowest BCUT2D eigenvalue weighted by Crippen LogP contribution is -2.15. The van der Waals surface area contributed by atoms with Crippen LogP contribution in [0.1, 0.15) is 11.3 Å². The summed E-state index contributed by atoms with van der Waals surface area (Å²) in [6, 6.07) is 18.2. The van der Waals surface area contributed by atoms with Gasteiger partial charge in [0.2, 0.25) is 5.43 Å². The van der Waals surface area contributed by atoms with Gasteiger partial charge in [0.05, 0.1) is 10.9 Å². The predicted molar refractivity (Wildman–Crippen MR) is 119 cm³/mol. The topological polar surface area (TPSA) is 57.9 Å². The lowest BCUT2D eigenvalue weighted by atomic mass is 10.0. The quantitative estimate of drug-likeness (QED) is 0.408. The molecule has 0 amide bonds. The van der Waals surface area contributed by atoms with Crippen molar-refractivity contribution in [3.05, 3.63) is 87.2 Å². The maximum absolute atomic E-state index is 13.3. The van der Waals surface area contributed by atoms with Gasteiger partial charge in [-0.2, -0.15) is 0 Å². The molecule has 0 N–H and O–H groups in total. The third-order valence-corrected chi connectivity index (χ3v) is 5.44. The van der Waals surface area contributed by atoms with Crippen molar-refractivity contribution < 1.29 is 18.6 Å². The molecule has 0 saturated heterocycles. The summed E-state index contributed by atoms with van der Waals surface area (Å²) in [5.41, 5.74) is 2.63. The second-order valence-corrected chi connectivity index (χ2v) is 7.73. The molecule has 156 valence electrons. The van der Waals surface area contributed by atoms with Crippen molar-refractivity contribution in [2.45, 2.75) is 13.5 Å². The van der Waals surface area contributed by atoms with E-state index in [1.165, 1.54) is 0 Å². The number of fused-ring (bicyclic) bond motifs is 2. The smallest absolute Gasteiger partial charge is 0.200 e. The molecule has 3 aromatic carbocycles. The van der Waals surface area contributed by atoms with Crippen LogP contribution in [-0.2, 0) is 6.61 Å². The average Bonchev–Trinajstić information content (AvgIpc) is 2.78. The summed E-state index contributed by atoms with van der Waals surface area (Å²) >= 11 is 5.92. The molecule has 6 heteroatoms. The van der Waals surface area contributed by atoms with Gasteiger partial charge in [0.15, 0.2) is 11.5 Å². The second kappa shape index (κ2) is 8.00. The maximum Gasteiger partial charge on any atom is 0.200 e. The predicted octanol–water partition coefficient (Wildman–Crippen LogP) is 5.77. The SMILES string of the molecule is Cc1oc2cc(OCc3ccc(Cl)cc3)ccc2c(=O)c1-c1ccc2c(c1)OCCO2. The molecule has 5 nitrogen and oxygen atoms in total. The van der Waals surface area contributed by atoms with Crippen LogP contribution in [0, 0.1) is 6.92 Å². The third-order valence-electron chi connectivity index (χ3n) is 5.19. The van der Waals surface area contributed by atoms with Crippen LogP contribution >= 0.6 is 11.6 Å². The number of benzene rings is 3. The van der Waals surface area contributed by atoms with Crippen LogP contribution in [-0.4, -0.2) is 13.2 Å². The largest absolute Gasteiger partial charge is 0.489 e. The molecule has 0 unspecified atom stereocenters. The minimum absolute atomic E-state index is 0.0975. The van der Waals surface area contributed by atoms with Crippen LogP contribution in [0.3, 0.4) is 0 Å². The first-order valence-corrected chi connectivity index (χ1v) is 10.3. The molecule has 0 radical (unpaired) electrons. The van der Waals surface area contributed by atoms with Crippen molar-refractivity contribution in [1.29, 1.82) is 0 Å². The summed E-state index contributed by atoms with van der Waals surface area (Å²) in [6.45, 7) is 3.18. The Morgan fingerprint density at radius 2 is 1.71 bits per heavy atom. The van der Waals surface area contributed by atoms with E-state index >= 15 is 0 Å². The molecule has 31 heavy (non-hydrogen) atoms. The first-order chi connectivity index (χ1) is 15.1. The average molecular weight is 435 g/mol. The molecule has 2 heterocycles. The Morgan fingerprint density at radius 3 is 2.52 bits per heavy atom. The van der Waals surface area contributed by atoms with E-state index in [1.807, 2.05) is 42.5 Å². The third kappa shape index (κ3) is 3.84. The first-order valence-electron chi connectivity index (χ1n) is 9.93. The lowest BCUT2D eigenvalue weighted by molar-refractivity contribution is 0.171. The van der Waals surface area contributed by atoms with Crippen LogP contribution in [0.2, 0.25) is 5.02 Å². The van der Waals surface area contributed by atoms with Gasteiger partial charge in [0.25, 0.3) is 0 Å². The van der Waals surface area contributed by atoms with Gasteiger partial charge in [-0.25, -0.2) is 0 Å². The van der Waals surface area contributed by atoms with Gasteiger partial charge in [-0.05, 0) is 54.4 Å². The Bertz CT molecular complexity index is 1320. The molecule has 0 spiro atoms. The van der Waals surface area contributed by atoms with Crippen molar-refractivity contribution in [1.82, 2.24) is 0 Å². The molecule has 0 fully saturated rings. The Balaban J connectivity index is 1.47. The lowest BCUT2D eigenvalue weighted by Gasteiger charge is -2.19. The van der Waals surface area contributed by atoms with Gasteiger partial charge >= 0.3 is 0 Å². The molecular formula is C25H19ClO5. The molecule has 1 aliphatic rings. The fourth-order valence-electron chi connectivity index (χ4n) is 3.66. The molecule has 1 aromatic heterocycles. The summed E-state index contributed by atoms with van der Waals surface area (Å²) in [5.74, 6) is 2.47. The van der Waals surface area contributed by atoms with E-state index in [0.29, 0.717) is 64.4 Å². The highest BCUT2D eigenvalue weighted by atomic mass is 35.5. The van der Waals surface area contributed by atoms with Gasteiger partial charge in [-0.15, -0.1) is 0 Å². The van der Waals surface area contributed by atoms with Crippen LogP contribution in [0.5, 0.6) is 17.2 Å². The molecule has 1 aliphatic heterocycles. The number of halogens is 1. The fourth-order valence-corrected chi connectivity index (χ4v) is 3.78. The zero-order valence-corrected chi connectivity index (χ0v) is 17.6. The number of aryl methyl sites for hydroxylation is 1. The first kappa shape index (κ1) is 19.5. The summed E-state index contributed by atoms with van der Waals surface area (Å²) in [4.78, 5) is 13.3. The van der Waals surface area contributed by atoms with Crippen LogP contribution in [0.15, 0.2) is 69.9 Å². The van der Waals surface area contributed by atoms with Crippen molar-refractivity contribution in [2.24, 2.45) is 0 Å². The summed E-state index contributed by atoms with van der Waals surface area (Å²) in [5, 5.41) is 1.18. The van der Waals surface area contributed by atoms with Crippen LogP contribution in [0.25, 0.3) is 22.1 Å². The molecule has 5 rings (SSSR count). The number of rotatable bonds is 4. The standard InChI is InChI=1S/C25H19ClO5/c1-15-24(17-4-9-21-23(12-17)29-11-10-28-21)25(27)20-8-7-19(13-22(20)31-15)30-14-16-2-5-18(26)6-3-16/h2-9,12-13H,10-11,14H2,1H3. The van der Waals surface area contributed by atoms with Crippen molar-refractivity contribution in [3.63, 3.8) is 0 Å². The number of ether oxygens (including phenoxy) is 3. The minimum atomic E-state index is -0.0975. The highest BCUT2D eigenvalue weighted by molar-refractivity contribution is 6.30. The summed E-state index contributed by atoms with van der Waals surface area (Å²) in [6.07, 6.45) is 0. The Kier molecular flexibility index (Phi) is 5.04. The Hall–Kier alpha value is -3.44. The molecule has 0 atom stereocenters. The van der Waals surface area contributed by atoms with Gasteiger partial charge < -0.3 is 18.6 Å². The monoisotopic (exact) mass is 434 g/mol. The van der Waals surface area contributed by atoms with Crippen molar-refractivity contribution in [3.8, 4) is 28.4 Å². The van der Waals surface area contributed by atoms with Gasteiger partial charge in [0.1, 0.15) is 36.9 Å². The number of hydrogen-bond donors (Lipinski definition) is 0. The van der Waals surface area contributed by atoms with E-state index in [2.05, 4.69) is 0 Å². The maximum atomic E-state index is 13.3. The zero-order valence-electron chi connectivity index (χ0n) is 16.8. The number of hydrogen-bond acceptors (Lipinski definition) is 5. The second-order valence-electron chi connectivity index (χ2n) is 7.29. The van der Waals surface area contributed by atoms with E-state index in [1.54, 1.807) is 25.1 Å². The van der Waals surface area contributed by atoms with Crippen molar-refractivity contribution >= 4 is 22.6 Å². The molecule has 4 aromatic rings. The minimum Gasteiger partial charge on any atom is -0.489 e. The fraction of sp³-hybridized carbons (Fsp3) is 0.160. The van der Waals surface area contributed by atoms with E-state index < -0.39 is 0 Å². The zero-order chi connectivity index (χ0) is 21.4. The van der Waals surface area contributed by atoms with Gasteiger partial charge in [-0.3, -0.25) is 4.79 Å². The van der Waals surface area contributed by atoms with Gasteiger partial charge in [-0.1, -0.05) is 29.8 Å². The highest BCUT2D eigenvalue weighted by Crippen LogP contribution is 2.35. The van der Waals surface area contributed by atoms with E-state index in [9.17, 15) is 4.79 Å². The van der Waals surface area contributed by atoms with E-state index in [-0.39, 0.29) is 5.43 Å². The van der Waals surface area contributed by atoms with Crippen LogP contribution < -0.4 is 19.6 Å². The van der Waals surface area contributed by atoms with Crippen LogP contribution in [0.4, 0.5) is 0 Å². The summed E-state index contributed by atoms with van der Waals surface area (Å²) < 4.78 is 23.1. The Labute approximate surface area is 183 Å².